The number of carbonyl (C=O) groups excluding carboxylic acids is 1. The Bertz CT molecular complexity index is 1130. The molecule has 3 rings (SSSR count). The third-order valence-electron chi connectivity index (χ3n) is 3.82. The SMILES string of the molecule is C=CCN(c1ccc(Cl)cc1)S(=O)(=O)c1cc(C(=O)Nc2nccs2)ccc1Cl. The van der Waals surface area contributed by atoms with Crippen molar-refractivity contribution >= 4 is 61.3 Å². The summed E-state index contributed by atoms with van der Waals surface area (Å²) in [6, 6.07) is 10.4. The van der Waals surface area contributed by atoms with Gasteiger partial charge in [-0.2, -0.15) is 0 Å². The number of hydrogen-bond donors (Lipinski definition) is 1. The summed E-state index contributed by atoms with van der Waals surface area (Å²) in [5.41, 5.74) is 0.529. The Morgan fingerprint density at radius 3 is 2.55 bits per heavy atom. The van der Waals surface area contributed by atoms with Crippen LogP contribution in [0.25, 0.3) is 0 Å². The Morgan fingerprint density at radius 1 is 1.21 bits per heavy atom. The minimum Gasteiger partial charge on any atom is -0.298 e. The molecule has 0 aliphatic rings. The van der Waals surface area contributed by atoms with E-state index in [-0.39, 0.29) is 22.0 Å². The fourth-order valence-corrected chi connectivity index (χ4v) is 5.07. The first-order valence-corrected chi connectivity index (χ1v) is 11.3. The van der Waals surface area contributed by atoms with Gasteiger partial charge in [0.05, 0.1) is 17.3 Å². The highest BCUT2D eigenvalue weighted by molar-refractivity contribution is 7.93. The van der Waals surface area contributed by atoms with Gasteiger partial charge in [0, 0.05) is 22.2 Å². The topological polar surface area (TPSA) is 79.4 Å². The maximum atomic E-state index is 13.3. The van der Waals surface area contributed by atoms with Crippen molar-refractivity contribution < 1.29 is 13.2 Å². The van der Waals surface area contributed by atoms with E-state index in [0.717, 1.165) is 4.31 Å². The lowest BCUT2D eigenvalue weighted by atomic mass is 10.2. The molecule has 2 aromatic carbocycles. The summed E-state index contributed by atoms with van der Waals surface area (Å²) in [6.45, 7) is 3.64. The molecule has 3 aromatic rings. The van der Waals surface area contributed by atoms with Crippen molar-refractivity contribution in [2.75, 3.05) is 16.2 Å². The molecule has 0 bridgehead atoms. The van der Waals surface area contributed by atoms with Gasteiger partial charge in [0.25, 0.3) is 15.9 Å². The lowest BCUT2D eigenvalue weighted by Crippen LogP contribution is -2.31. The Labute approximate surface area is 182 Å². The van der Waals surface area contributed by atoms with Gasteiger partial charge in [-0.1, -0.05) is 29.3 Å². The molecule has 29 heavy (non-hydrogen) atoms. The number of thiazole rings is 1. The van der Waals surface area contributed by atoms with E-state index in [1.54, 1.807) is 35.8 Å². The Hall–Kier alpha value is -2.39. The van der Waals surface area contributed by atoms with E-state index in [1.807, 2.05) is 0 Å². The van der Waals surface area contributed by atoms with Gasteiger partial charge >= 0.3 is 0 Å². The van der Waals surface area contributed by atoms with Crippen molar-refractivity contribution in [2.45, 2.75) is 4.90 Å². The number of nitrogens with zero attached hydrogens (tertiary/aromatic N) is 2. The number of carbonyl (C=O) groups is 1. The second-order valence-corrected chi connectivity index (χ2v) is 9.31. The molecule has 0 saturated carbocycles. The molecule has 0 saturated heterocycles. The summed E-state index contributed by atoms with van der Waals surface area (Å²) in [6.07, 6.45) is 3.01. The van der Waals surface area contributed by atoms with Crippen LogP contribution in [0.3, 0.4) is 0 Å². The molecule has 1 aromatic heterocycles. The second-order valence-electron chi connectivity index (χ2n) is 5.74. The first-order valence-electron chi connectivity index (χ1n) is 8.22. The van der Waals surface area contributed by atoms with Crippen LogP contribution in [0, 0.1) is 0 Å². The predicted octanol–water partition coefficient (Wildman–Crippen LogP) is 5.08. The van der Waals surface area contributed by atoms with Gasteiger partial charge in [-0.25, -0.2) is 13.4 Å². The lowest BCUT2D eigenvalue weighted by molar-refractivity contribution is 0.102. The lowest BCUT2D eigenvalue weighted by Gasteiger charge is -2.24. The van der Waals surface area contributed by atoms with Gasteiger partial charge in [-0.3, -0.25) is 14.4 Å². The number of anilines is 2. The van der Waals surface area contributed by atoms with Crippen LogP contribution in [-0.4, -0.2) is 25.9 Å². The zero-order valence-corrected chi connectivity index (χ0v) is 18.0. The summed E-state index contributed by atoms with van der Waals surface area (Å²) in [5.74, 6) is -0.491. The van der Waals surface area contributed by atoms with Crippen LogP contribution in [0.15, 0.2) is 71.6 Å². The Balaban J connectivity index is 2.01. The van der Waals surface area contributed by atoms with Crippen LogP contribution >= 0.6 is 34.5 Å². The minimum atomic E-state index is -4.08. The molecule has 10 heteroatoms. The van der Waals surface area contributed by atoms with E-state index in [2.05, 4.69) is 16.9 Å². The fourth-order valence-electron chi connectivity index (χ4n) is 2.48. The maximum Gasteiger partial charge on any atom is 0.266 e. The molecular formula is C19H15Cl2N3O3S2. The summed E-state index contributed by atoms with van der Waals surface area (Å²) >= 11 is 13.3. The monoisotopic (exact) mass is 467 g/mol. The Morgan fingerprint density at radius 2 is 1.93 bits per heavy atom. The molecule has 1 heterocycles. The van der Waals surface area contributed by atoms with E-state index in [0.29, 0.717) is 15.8 Å². The first kappa shape index (κ1) is 21.3. The number of sulfonamides is 1. The maximum absolute atomic E-state index is 13.3. The number of halogens is 2. The smallest absolute Gasteiger partial charge is 0.266 e. The highest BCUT2D eigenvalue weighted by Crippen LogP contribution is 2.30. The van der Waals surface area contributed by atoms with Crippen LogP contribution in [-0.2, 0) is 10.0 Å². The normalized spacial score (nSPS) is 11.1. The molecule has 150 valence electrons. The van der Waals surface area contributed by atoms with Gasteiger partial charge in [0.2, 0.25) is 0 Å². The predicted molar refractivity (Wildman–Crippen MR) is 118 cm³/mol. The molecule has 0 aliphatic heterocycles. The van der Waals surface area contributed by atoms with Crippen molar-refractivity contribution in [3.05, 3.63) is 82.3 Å². The van der Waals surface area contributed by atoms with Crippen molar-refractivity contribution in [3.63, 3.8) is 0 Å². The van der Waals surface area contributed by atoms with Crippen molar-refractivity contribution in [3.8, 4) is 0 Å². The molecule has 0 fully saturated rings. The van der Waals surface area contributed by atoms with Crippen molar-refractivity contribution in [1.82, 2.24) is 4.98 Å². The zero-order valence-electron chi connectivity index (χ0n) is 14.9. The van der Waals surface area contributed by atoms with E-state index in [4.69, 9.17) is 23.2 Å². The number of nitrogens with one attached hydrogen (secondary N) is 1. The van der Waals surface area contributed by atoms with Gasteiger partial charge < -0.3 is 0 Å². The van der Waals surface area contributed by atoms with Gasteiger partial charge in [0.15, 0.2) is 5.13 Å². The second kappa shape index (κ2) is 8.96. The number of rotatable bonds is 7. The number of benzene rings is 2. The summed E-state index contributed by atoms with van der Waals surface area (Å²) in [5, 5.41) is 5.21. The molecule has 0 atom stereocenters. The van der Waals surface area contributed by atoms with Crippen LogP contribution in [0.1, 0.15) is 10.4 Å². The average Bonchev–Trinajstić information content (AvgIpc) is 3.20. The van der Waals surface area contributed by atoms with E-state index >= 15 is 0 Å². The number of aromatic nitrogens is 1. The van der Waals surface area contributed by atoms with E-state index < -0.39 is 15.9 Å². The quantitative estimate of drug-likeness (QED) is 0.491. The van der Waals surface area contributed by atoms with Crippen LogP contribution in [0.5, 0.6) is 0 Å². The zero-order chi connectivity index (χ0) is 21.0. The molecular weight excluding hydrogens is 453 g/mol. The summed E-state index contributed by atoms with van der Waals surface area (Å²) < 4.78 is 27.8. The fraction of sp³-hybridized carbons (Fsp3) is 0.0526. The van der Waals surface area contributed by atoms with Gasteiger partial charge in [0.1, 0.15) is 4.90 Å². The van der Waals surface area contributed by atoms with E-state index in [9.17, 15) is 13.2 Å². The van der Waals surface area contributed by atoms with E-state index in [1.165, 1.54) is 35.6 Å². The molecule has 1 amide bonds. The van der Waals surface area contributed by atoms with Gasteiger partial charge in [-0.05, 0) is 42.5 Å². The molecule has 0 aliphatic carbocycles. The molecule has 0 unspecified atom stereocenters. The van der Waals surface area contributed by atoms with Crippen LogP contribution < -0.4 is 9.62 Å². The highest BCUT2D eigenvalue weighted by atomic mass is 35.5. The van der Waals surface area contributed by atoms with Crippen molar-refractivity contribution in [2.24, 2.45) is 0 Å². The molecule has 1 N–H and O–H groups in total. The molecule has 6 nitrogen and oxygen atoms in total. The Kier molecular flexibility index (Phi) is 6.59. The minimum absolute atomic E-state index is 0.00109. The summed E-state index contributed by atoms with van der Waals surface area (Å²) in [7, 11) is -4.08. The number of amides is 1. The third-order valence-corrected chi connectivity index (χ3v) is 7.04. The third kappa shape index (κ3) is 4.79. The number of hydrogen-bond acceptors (Lipinski definition) is 5. The largest absolute Gasteiger partial charge is 0.298 e. The van der Waals surface area contributed by atoms with Crippen molar-refractivity contribution in [1.29, 1.82) is 0 Å². The average molecular weight is 468 g/mol. The van der Waals surface area contributed by atoms with Crippen LogP contribution in [0.2, 0.25) is 10.0 Å². The molecule has 0 radical (unpaired) electrons. The molecule has 0 spiro atoms. The highest BCUT2D eigenvalue weighted by Gasteiger charge is 2.27. The first-order chi connectivity index (χ1) is 13.8. The van der Waals surface area contributed by atoms with Gasteiger partial charge in [-0.15, -0.1) is 17.9 Å². The standard InChI is InChI=1S/C19H15Cl2N3O3S2/c1-2-10-24(15-6-4-14(20)5-7-15)29(26,27)17-12-13(3-8-16(17)21)18(25)23-19-22-9-11-28-19/h2-9,11-12H,1,10H2,(H,22,23,25). The van der Waals surface area contributed by atoms with Crippen LogP contribution in [0.4, 0.5) is 10.8 Å². The summed E-state index contributed by atoms with van der Waals surface area (Å²) in [4.78, 5) is 16.3.